The monoisotopic (exact) mass is 334 g/mol. The summed E-state index contributed by atoms with van der Waals surface area (Å²) in [6, 6.07) is 20.1. The molecule has 5 heteroatoms. The van der Waals surface area contributed by atoms with Gasteiger partial charge in [0.1, 0.15) is 23.7 Å². The summed E-state index contributed by atoms with van der Waals surface area (Å²) < 4.78 is 5.64. The van der Waals surface area contributed by atoms with E-state index in [4.69, 9.17) is 4.74 Å². The van der Waals surface area contributed by atoms with Crippen molar-refractivity contribution in [2.45, 2.75) is 19.9 Å². The molecule has 0 bridgehead atoms. The molecule has 1 unspecified atom stereocenters. The lowest BCUT2D eigenvalue weighted by Crippen LogP contribution is -2.08. The molecule has 0 aliphatic carbocycles. The SMILES string of the molecule is CCOc1ccccc1Nc1cc(NC(C)c2ccccc2)ncn1. The first-order valence-corrected chi connectivity index (χ1v) is 8.38. The molecule has 0 saturated heterocycles. The smallest absolute Gasteiger partial charge is 0.142 e. The van der Waals surface area contributed by atoms with Gasteiger partial charge in [-0.2, -0.15) is 0 Å². The fraction of sp³-hybridized carbons (Fsp3) is 0.200. The number of aromatic nitrogens is 2. The van der Waals surface area contributed by atoms with Gasteiger partial charge in [0.2, 0.25) is 0 Å². The minimum atomic E-state index is 0.152. The molecular weight excluding hydrogens is 312 g/mol. The highest BCUT2D eigenvalue weighted by Crippen LogP contribution is 2.27. The molecule has 25 heavy (non-hydrogen) atoms. The first kappa shape index (κ1) is 16.8. The highest BCUT2D eigenvalue weighted by molar-refractivity contribution is 5.65. The maximum Gasteiger partial charge on any atom is 0.142 e. The molecule has 0 aliphatic heterocycles. The van der Waals surface area contributed by atoms with Crippen LogP contribution in [-0.4, -0.2) is 16.6 Å². The zero-order chi connectivity index (χ0) is 17.5. The number of benzene rings is 2. The molecule has 0 saturated carbocycles. The number of ether oxygens (including phenoxy) is 1. The molecule has 0 amide bonds. The Morgan fingerprint density at radius 2 is 1.68 bits per heavy atom. The van der Waals surface area contributed by atoms with E-state index in [-0.39, 0.29) is 6.04 Å². The highest BCUT2D eigenvalue weighted by atomic mass is 16.5. The predicted octanol–water partition coefficient (Wildman–Crippen LogP) is 4.79. The van der Waals surface area contributed by atoms with Crippen LogP contribution in [0, 0.1) is 0 Å². The largest absolute Gasteiger partial charge is 0.492 e. The second-order valence-corrected chi connectivity index (χ2v) is 5.62. The van der Waals surface area contributed by atoms with E-state index >= 15 is 0 Å². The molecule has 0 fully saturated rings. The summed E-state index contributed by atoms with van der Waals surface area (Å²) >= 11 is 0. The molecular formula is C20H22N4O. The van der Waals surface area contributed by atoms with Gasteiger partial charge in [-0.3, -0.25) is 0 Å². The summed E-state index contributed by atoms with van der Waals surface area (Å²) in [7, 11) is 0. The molecule has 1 heterocycles. The van der Waals surface area contributed by atoms with Crippen LogP contribution >= 0.6 is 0 Å². The number of hydrogen-bond acceptors (Lipinski definition) is 5. The van der Waals surface area contributed by atoms with Gasteiger partial charge in [-0.1, -0.05) is 42.5 Å². The molecule has 0 radical (unpaired) electrons. The third-order valence-corrected chi connectivity index (χ3v) is 3.78. The Balaban J connectivity index is 1.74. The molecule has 5 nitrogen and oxygen atoms in total. The average molecular weight is 334 g/mol. The van der Waals surface area contributed by atoms with Crippen LogP contribution in [0.25, 0.3) is 0 Å². The van der Waals surface area contributed by atoms with Crippen LogP contribution in [-0.2, 0) is 0 Å². The summed E-state index contributed by atoms with van der Waals surface area (Å²) in [5.41, 5.74) is 2.09. The molecule has 2 N–H and O–H groups in total. The minimum Gasteiger partial charge on any atom is -0.492 e. The van der Waals surface area contributed by atoms with Gasteiger partial charge in [0.15, 0.2) is 0 Å². The molecule has 3 rings (SSSR count). The van der Waals surface area contributed by atoms with Gasteiger partial charge in [0.25, 0.3) is 0 Å². The van der Waals surface area contributed by atoms with Gasteiger partial charge in [0.05, 0.1) is 12.3 Å². The maximum absolute atomic E-state index is 5.64. The number of nitrogens with zero attached hydrogens (tertiary/aromatic N) is 2. The van der Waals surface area contributed by atoms with Crippen molar-refractivity contribution in [3.63, 3.8) is 0 Å². The second-order valence-electron chi connectivity index (χ2n) is 5.62. The van der Waals surface area contributed by atoms with E-state index in [1.165, 1.54) is 5.56 Å². The summed E-state index contributed by atoms with van der Waals surface area (Å²) in [6.45, 7) is 4.69. The first-order chi connectivity index (χ1) is 12.3. The van der Waals surface area contributed by atoms with Crippen LogP contribution in [0.1, 0.15) is 25.5 Å². The Hall–Kier alpha value is -3.08. The Morgan fingerprint density at radius 1 is 0.960 bits per heavy atom. The fourth-order valence-corrected chi connectivity index (χ4v) is 2.54. The number of nitrogens with one attached hydrogen (secondary N) is 2. The molecule has 0 spiro atoms. The van der Waals surface area contributed by atoms with Gasteiger partial charge in [-0.25, -0.2) is 9.97 Å². The summed E-state index contributed by atoms with van der Waals surface area (Å²) in [5.74, 6) is 2.28. The van der Waals surface area contributed by atoms with E-state index in [1.54, 1.807) is 6.33 Å². The van der Waals surface area contributed by atoms with Crippen LogP contribution in [0.3, 0.4) is 0 Å². The first-order valence-electron chi connectivity index (χ1n) is 8.38. The fourth-order valence-electron chi connectivity index (χ4n) is 2.54. The topological polar surface area (TPSA) is 59.1 Å². The van der Waals surface area contributed by atoms with Crippen molar-refractivity contribution < 1.29 is 4.74 Å². The van der Waals surface area contributed by atoms with Crippen molar-refractivity contribution >= 4 is 17.3 Å². The standard InChI is InChI=1S/C20H22N4O/c1-3-25-18-12-8-7-11-17(18)24-20-13-19(21-14-22-20)23-15(2)16-9-5-4-6-10-16/h4-15H,3H2,1-2H3,(H2,21,22,23,24). The molecule has 1 atom stereocenters. The molecule has 128 valence electrons. The predicted molar refractivity (Wildman–Crippen MR) is 101 cm³/mol. The van der Waals surface area contributed by atoms with Crippen molar-refractivity contribution in [3.05, 3.63) is 72.6 Å². The van der Waals surface area contributed by atoms with Gasteiger partial charge < -0.3 is 15.4 Å². The van der Waals surface area contributed by atoms with Gasteiger partial charge >= 0.3 is 0 Å². The zero-order valence-corrected chi connectivity index (χ0v) is 14.4. The van der Waals surface area contributed by atoms with E-state index in [1.807, 2.05) is 55.5 Å². The average Bonchev–Trinajstić information content (AvgIpc) is 2.65. The summed E-state index contributed by atoms with van der Waals surface area (Å²) in [6.07, 6.45) is 1.55. The van der Waals surface area contributed by atoms with E-state index in [9.17, 15) is 0 Å². The van der Waals surface area contributed by atoms with E-state index in [2.05, 4.69) is 39.7 Å². The molecule has 0 aliphatic rings. The van der Waals surface area contributed by atoms with Crippen molar-refractivity contribution in [3.8, 4) is 5.75 Å². The Bertz CT molecular complexity index is 808. The van der Waals surface area contributed by atoms with Gasteiger partial charge in [-0.15, -0.1) is 0 Å². The zero-order valence-electron chi connectivity index (χ0n) is 14.4. The quantitative estimate of drug-likeness (QED) is 0.650. The number of hydrogen-bond donors (Lipinski definition) is 2. The number of anilines is 3. The van der Waals surface area contributed by atoms with Crippen LogP contribution < -0.4 is 15.4 Å². The Labute approximate surface area is 148 Å². The Morgan fingerprint density at radius 3 is 2.48 bits per heavy atom. The molecule has 1 aromatic heterocycles. The van der Waals surface area contributed by atoms with Gasteiger partial charge in [0, 0.05) is 12.1 Å². The minimum absolute atomic E-state index is 0.152. The van der Waals surface area contributed by atoms with Gasteiger partial charge in [-0.05, 0) is 31.5 Å². The molecule has 2 aromatic carbocycles. The number of para-hydroxylation sites is 2. The third-order valence-electron chi connectivity index (χ3n) is 3.78. The van der Waals surface area contributed by atoms with Crippen LogP contribution in [0.15, 0.2) is 67.0 Å². The van der Waals surface area contributed by atoms with Crippen LogP contribution in [0.5, 0.6) is 5.75 Å². The third kappa shape index (κ3) is 4.47. The lowest BCUT2D eigenvalue weighted by molar-refractivity contribution is 0.342. The van der Waals surface area contributed by atoms with Crippen molar-refractivity contribution in [1.29, 1.82) is 0 Å². The summed E-state index contributed by atoms with van der Waals surface area (Å²) in [5, 5.41) is 6.70. The maximum atomic E-state index is 5.64. The van der Waals surface area contributed by atoms with Crippen molar-refractivity contribution in [2.24, 2.45) is 0 Å². The van der Waals surface area contributed by atoms with E-state index in [0.29, 0.717) is 12.4 Å². The lowest BCUT2D eigenvalue weighted by atomic mass is 10.1. The highest BCUT2D eigenvalue weighted by Gasteiger charge is 2.08. The van der Waals surface area contributed by atoms with Crippen LogP contribution in [0.4, 0.5) is 17.3 Å². The van der Waals surface area contributed by atoms with Crippen LogP contribution in [0.2, 0.25) is 0 Å². The van der Waals surface area contributed by atoms with E-state index < -0.39 is 0 Å². The van der Waals surface area contributed by atoms with E-state index in [0.717, 1.165) is 17.3 Å². The normalized spacial score (nSPS) is 11.6. The summed E-state index contributed by atoms with van der Waals surface area (Å²) in [4.78, 5) is 8.61. The number of rotatable bonds is 7. The lowest BCUT2D eigenvalue weighted by Gasteiger charge is -2.16. The van der Waals surface area contributed by atoms with Crippen molar-refractivity contribution in [2.75, 3.05) is 17.2 Å². The molecule has 3 aromatic rings. The Kier molecular flexibility index (Phi) is 5.46. The second kappa shape index (κ2) is 8.15. The van der Waals surface area contributed by atoms with Crippen molar-refractivity contribution in [1.82, 2.24) is 9.97 Å².